The third-order valence-electron chi connectivity index (χ3n) is 4.40. The van der Waals surface area contributed by atoms with Crippen molar-refractivity contribution in [3.05, 3.63) is 59.4 Å². The molecule has 3 aromatic carbocycles. The lowest BCUT2D eigenvalue weighted by Crippen LogP contribution is -2.13. The molecule has 7 heteroatoms. The molecule has 0 aromatic heterocycles. The van der Waals surface area contributed by atoms with Crippen LogP contribution < -0.4 is 20.0 Å². The number of ether oxygens (including phenoxy) is 2. The summed E-state index contributed by atoms with van der Waals surface area (Å²) >= 11 is 0. The first-order chi connectivity index (χ1) is 13.5. The molecule has 5 nitrogen and oxygen atoms in total. The second-order valence-corrected chi connectivity index (χ2v) is 7.80. The van der Waals surface area contributed by atoms with Gasteiger partial charge in [-0.05, 0) is 55.0 Å². The monoisotopic (exact) mass is 403 g/mol. The van der Waals surface area contributed by atoms with Crippen LogP contribution in [-0.2, 0) is 0 Å². The molecule has 28 heavy (non-hydrogen) atoms. The Morgan fingerprint density at radius 1 is 1.11 bits per heavy atom. The van der Waals surface area contributed by atoms with Gasteiger partial charge in [0.15, 0.2) is 19.9 Å². The highest BCUT2D eigenvalue weighted by Crippen LogP contribution is 2.39. The molecular formula is C21H23FNO4P. The number of aryl methyl sites for hydroxylation is 2. The fourth-order valence-corrected chi connectivity index (χ4v) is 3.92. The lowest BCUT2D eigenvalue weighted by molar-refractivity contribution is 0.242. The van der Waals surface area contributed by atoms with Gasteiger partial charge in [0.2, 0.25) is 0 Å². The summed E-state index contributed by atoms with van der Waals surface area (Å²) in [6.07, 6.45) is 0.796. The Balaban J connectivity index is 2.07. The summed E-state index contributed by atoms with van der Waals surface area (Å²) in [6.45, 7) is 6.19. The molecule has 0 aliphatic heterocycles. The van der Waals surface area contributed by atoms with E-state index in [4.69, 9.17) is 9.47 Å². The molecule has 0 saturated heterocycles. The van der Waals surface area contributed by atoms with Gasteiger partial charge >= 0.3 is 0 Å². The zero-order chi connectivity index (χ0) is 20.3. The van der Waals surface area contributed by atoms with Crippen LogP contribution in [0.25, 0.3) is 10.8 Å². The standard InChI is InChI=1S/C21H23FNO4P/c1-4-10-26-18-9-8-15(12-17(18)22)27-21-14(3)11-19(28(25)23-24)16-7-5-6-13(2)20(16)21/h5-9,11-12,23-25H,4,10H2,1-3H3. The maximum Gasteiger partial charge on any atom is 0.168 e. The van der Waals surface area contributed by atoms with Crippen LogP contribution in [0.15, 0.2) is 42.5 Å². The van der Waals surface area contributed by atoms with E-state index in [0.29, 0.717) is 23.4 Å². The fourth-order valence-electron chi connectivity index (χ4n) is 3.08. The maximum atomic E-state index is 14.3. The van der Waals surface area contributed by atoms with Gasteiger partial charge in [0.05, 0.1) is 6.61 Å². The van der Waals surface area contributed by atoms with Crippen LogP contribution in [0.3, 0.4) is 0 Å². The van der Waals surface area contributed by atoms with Crippen molar-refractivity contribution < 1.29 is 24.0 Å². The van der Waals surface area contributed by atoms with Crippen LogP contribution in [0.5, 0.6) is 17.2 Å². The van der Waals surface area contributed by atoms with E-state index in [2.05, 4.69) is 0 Å². The average Bonchev–Trinajstić information content (AvgIpc) is 2.68. The second kappa shape index (κ2) is 8.84. The Hall–Kier alpha value is -2.24. The van der Waals surface area contributed by atoms with Gasteiger partial charge in [0, 0.05) is 16.8 Å². The molecule has 3 aromatic rings. The van der Waals surface area contributed by atoms with Crippen molar-refractivity contribution in [1.82, 2.24) is 5.25 Å². The Labute approximate surface area is 164 Å². The van der Waals surface area contributed by atoms with Gasteiger partial charge in [0.25, 0.3) is 0 Å². The highest BCUT2D eigenvalue weighted by molar-refractivity contribution is 7.58. The van der Waals surface area contributed by atoms with Crippen molar-refractivity contribution in [2.45, 2.75) is 27.2 Å². The van der Waals surface area contributed by atoms with E-state index in [1.165, 1.54) is 6.07 Å². The van der Waals surface area contributed by atoms with Crippen LogP contribution in [0.1, 0.15) is 24.5 Å². The van der Waals surface area contributed by atoms with Gasteiger partial charge in [0.1, 0.15) is 11.5 Å². The maximum absolute atomic E-state index is 14.3. The van der Waals surface area contributed by atoms with Gasteiger partial charge in [-0.1, -0.05) is 25.1 Å². The van der Waals surface area contributed by atoms with E-state index >= 15 is 0 Å². The Morgan fingerprint density at radius 3 is 2.57 bits per heavy atom. The zero-order valence-electron chi connectivity index (χ0n) is 16.0. The summed E-state index contributed by atoms with van der Waals surface area (Å²) in [5.74, 6) is 0.653. The Bertz CT molecular complexity index is 996. The molecule has 3 rings (SSSR count). The van der Waals surface area contributed by atoms with Crippen molar-refractivity contribution in [3.63, 3.8) is 0 Å². The number of fused-ring (bicyclic) bond motifs is 1. The molecule has 0 heterocycles. The summed E-state index contributed by atoms with van der Waals surface area (Å²) in [7, 11) is -1.92. The highest BCUT2D eigenvalue weighted by atomic mass is 31.2. The predicted octanol–water partition coefficient (Wildman–Crippen LogP) is 5.09. The van der Waals surface area contributed by atoms with Gasteiger partial charge in [-0.25, -0.2) is 4.39 Å². The van der Waals surface area contributed by atoms with Crippen molar-refractivity contribution in [3.8, 4) is 17.2 Å². The van der Waals surface area contributed by atoms with E-state index in [0.717, 1.165) is 28.3 Å². The highest BCUT2D eigenvalue weighted by Gasteiger charge is 2.19. The molecule has 0 fully saturated rings. The lowest BCUT2D eigenvalue weighted by atomic mass is 10.0. The summed E-state index contributed by atoms with van der Waals surface area (Å²) in [5.41, 5.74) is 1.71. The number of benzene rings is 3. The molecule has 0 aliphatic rings. The molecule has 0 aliphatic carbocycles. The van der Waals surface area contributed by atoms with E-state index in [1.54, 1.807) is 18.2 Å². The molecule has 0 spiro atoms. The molecular weight excluding hydrogens is 380 g/mol. The molecule has 0 amide bonds. The average molecular weight is 403 g/mol. The van der Waals surface area contributed by atoms with Crippen LogP contribution in [-0.4, -0.2) is 16.7 Å². The van der Waals surface area contributed by atoms with Crippen LogP contribution in [0.2, 0.25) is 0 Å². The van der Waals surface area contributed by atoms with Crippen LogP contribution in [0, 0.1) is 19.7 Å². The normalized spacial score (nSPS) is 12.2. The fraction of sp³-hybridized carbons (Fsp3) is 0.238. The summed E-state index contributed by atoms with van der Waals surface area (Å²) in [5, 5.41) is 13.3. The minimum absolute atomic E-state index is 0.197. The Kier molecular flexibility index (Phi) is 6.47. The topological polar surface area (TPSA) is 71.0 Å². The molecule has 1 atom stereocenters. The quantitative estimate of drug-likeness (QED) is 0.379. The zero-order valence-corrected chi connectivity index (χ0v) is 16.9. The lowest BCUT2D eigenvalue weighted by Gasteiger charge is -2.19. The van der Waals surface area contributed by atoms with E-state index in [9.17, 15) is 14.5 Å². The van der Waals surface area contributed by atoms with Gasteiger partial charge in [-0.3, -0.25) is 0 Å². The minimum Gasteiger partial charge on any atom is -0.491 e. The molecule has 148 valence electrons. The van der Waals surface area contributed by atoms with Gasteiger partial charge in [-0.2, -0.15) is 5.25 Å². The van der Waals surface area contributed by atoms with Crippen molar-refractivity contribution in [1.29, 1.82) is 0 Å². The van der Waals surface area contributed by atoms with Crippen molar-refractivity contribution in [2.24, 2.45) is 0 Å². The first kappa shape index (κ1) is 20.5. The Morgan fingerprint density at radius 2 is 1.89 bits per heavy atom. The van der Waals surface area contributed by atoms with E-state index < -0.39 is 14.1 Å². The van der Waals surface area contributed by atoms with Gasteiger partial charge < -0.3 is 19.6 Å². The van der Waals surface area contributed by atoms with Crippen molar-refractivity contribution >= 4 is 24.4 Å². The number of hydrogen-bond donors (Lipinski definition) is 3. The molecule has 3 N–H and O–H groups in total. The number of halogens is 1. The smallest absolute Gasteiger partial charge is 0.168 e. The number of hydrogen-bond acceptors (Lipinski definition) is 5. The summed E-state index contributed by atoms with van der Waals surface area (Å²) in [4.78, 5) is 10.2. The number of nitrogens with one attached hydrogen (secondary N) is 1. The second-order valence-electron chi connectivity index (χ2n) is 6.49. The molecule has 1 unspecified atom stereocenters. The minimum atomic E-state index is -1.92. The third-order valence-corrected chi connectivity index (χ3v) is 5.41. The van der Waals surface area contributed by atoms with Crippen molar-refractivity contribution in [2.75, 3.05) is 6.61 Å². The van der Waals surface area contributed by atoms with E-state index in [1.807, 2.05) is 44.2 Å². The molecule has 0 saturated carbocycles. The van der Waals surface area contributed by atoms with E-state index in [-0.39, 0.29) is 5.75 Å². The van der Waals surface area contributed by atoms with Crippen LogP contribution in [0.4, 0.5) is 4.39 Å². The largest absolute Gasteiger partial charge is 0.491 e. The van der Waals surface area contributed by atoms with Crippen LogP contribution >= 0.6 is 8.30 Å². The summed E-state index contributed by atoms with van der Waals surface area (Å²) in [6, 6.07) is 12.0. The first-order valence-electron chi connectivity index (χ1n) is 8.98. The molecule has 0 radical (unpaired) electrons. The third kappa shape index (κ3) is 4.10. The first-order valence-corrected chi connectivity index (χ1v) is 10.3. The molecule has 0 bridgehead atoms. The predicted molar refractivity (Wildman–Crippen MR) is 109 cm³/mol. The SMILES string of the molecule is CCCOc1ccc(Oc2c(C)cc(P(O)NO)c3cccc(C)c23)cc1F. The summed E-state index contributed by atoms with van der Waals surface area (Å²) < 4.78 is 25.7. The van der Waals surface area contributed by atoms with Gasteiger partial charge in [-0.15, -0.1) is 0 Å². The number of rotatable bonds is 7.